The van der Waals surface area contributed by atoms with Gasteiger partial charge in [-0.1, -0.05) is 18.2 Å². The zero-order valence-corrected chi connectivity index (χ0v) is 22.5. The lowest BCUT2D eigenvalue weighted by Crippen LogP contribution is -2.32. The van der Waals surface area contributed by atoms with Crippen LogP contribution in [0.5, 0.6) is 5.75 Å². The number of benzene rings is 3. The first-order valence-corrected chi connectivity index (χ1v) is 13.0. The van der Waals surface area contributed by atoms with E-state index in [2.05, 4.69) is 20.6 Å². The molecule has 0 bridgehead atoms. The van der Waals surface area contributed by atoms with E-state index >= 15 is 0 Å². The van der Waals surface area contributed by atoms with Gasteiger partial charge in [-0.25, -0.2) is 8.78 Å². The maximum Gasteiger partial charge on any atom is 0.251 e. The van der Waals surface area contributed by atoms with Crippen LogP contribution >= 0.6 is 0 Å². The van der Waals surface area contributed by atoms with E-state index in [1.807, 2.05) is 12.1 Å². The highest BCUT2D eigenvalue weighted by Crippen LogP contribution is 2.31. The number of fused-ring (bicyclic) bond motifs is 1. The zero-order chi connectivity index (χ0) is 29.1. The summed E-state index contributed by atoms with van der Waals surface area (Å²) >= 11 is 0. The second-order valence-corrected chi connectivity index (χ2v) is 9.87. The van der Waals surface area contributed by atoms with Crippen molar-refractivity contribution < 1.29 is 23.5 Å². The van der Waals surface area contributed by atoms with Crippen molar-refractivity contribution >= 4 is 22.7 Å². The number of hydrogen-bond donors (Lipinski definition) is 4. The van der Waals surface area contributed by atoms with E-state index in [4.69, 9.17) is 0 Å². The average Bonchev–Trinajstić information content (AvgIpc) is 3.32. The number of nitrogens with one attached hydrogen (secondary N) is 3. The number of phenols is 1. The van der Waals surface area contributed by atoms with Crippen molar-refractivity contribution in [3.05, 3.63) is 119 Å². The normalized spacial score (nSPS) is 11.8. The third-order valence-electron chi connectivity index (χ3n) is 6.96. The Kier molecular flexibility index (Phi) is 7.78. The van der Waals surface area contributed by atoms with Gasteiger partial charge in [0.1, 0.15) is 17.4 Å². The fourth-order valence-electron chi connectivity index (χ4n) is 4.98. The maximum absolute atomic E-state index is 14.1. The molecule has 9 heteroatoms. The summed E-state index contributed by atoms with van der Waals surface area (Å²) in [4.78, 5) is 33.4. The molecule has 208 valence electrons. The van der Waals surface area contributed by atoms with Gasteiger partial charge >= 0.3 is 0 Å². The van der Waals surface area contributed by atoms with Gasteiger partial charge in [0.05, 0.1) is 18.2 Å². The summed E-state index contributed by atoms with van der Waals surface area (Å²) in [6, 6.07) is 16.5. The molecule has 3 aromatic carbocycles. The molecule has 4 N–H and O–H groups in total. The molecule has 5 rings (SSSR count). The third-order valence-corrected chi connectivity index (χ3v) is 6.96. The summed E-state index contributed by atoms with van der Waals surface area (Å²) in [5.74, 6) is -1.92. The van der Waals surface area contributed by atoms with E-state index in [0.29, 0.717) is 39.1 Å². The van der Waals surface area contributed by atoms with Crippen molar-refractivity contribution in [2.24, 2.45) is 0 Å². The van der Waals surface area contributed by atoms with E-state index in [0.717, 1.165) is 17.0 Å². The number of pyridine rings is 1. The van der Waals surface area contributed by atoms with Crippen LogP contribution in [0.25, 0.3) is 22.0 Å². The Morgan fingerprint density at radius 2 is 1.80 bits per heavy atom. The molecular weight excluding hydrogens is 526 g/mol. The van der Waals surface area contributed by atoms with Gasteiger partial charge in [-0.3, -0.25) is 14.6 Å². The van der Waals surface area contributed by atoms with E-state index in [9.17, 15) is 23.5 Å². The number of aryl methyl sites for hydroxylation is 1. The molecule has 0 aliphatic carbocycles. The van der Waals surface area contributed by atoms with Gasteiger partial charge in [0.2, 0.25) is 5.91 Å². The first-order chi connectivity index (χ1) is 19.7. The predicted octanol–water partition coefficient (Wildman–Crippen LogP) is 5.52. The van der Waals surface area contributed by atoms with Crippen LogP contribution in [0.2, 0.25) is 0 Å². The average molecular weight is 555 g/mol. The molecule has 0 saturated heterocycles. The molecule has 7 nitrogen and oxygen atoms in total. The largest absolute Gasteiger partial charge is 0.508 e. The molecule has 2 amide bonds. The highest BCUT2D eigenvalue weighted by molar-refractivity contribution is 5.95. The topological polar surface area (TPSA) is 107 Å². The molecule has 0 aliphatic heterocycles. The minimum Gasteiger partial charge on any atom is -0.508 e. The first kappa shape index (κ1) is 27.5. The molecule has 2 aromatic heterocycles. The van der Waals surface area contributed by atoms with Crippen LogP contribution < -0.4 is 10.6 Å². The third kappa shape index (κ3) is 6.09. The first-order valence-electron chi connectivity index (χ1n) is 13.0. The number of nitrogens with zero attached hydrogens (tertiary/aromatic N) is 1. The standard InChI is InChI=1S/C32H28F2N4O3/c1-18-9-27-26(16-29(18)39)22(17-37-27)14-30(40)38-28(12-19-10-23(33)15-24(34)11-19)31-25(7-4-8-36-31)20-5-3-6-21(13-20)32(41)35-2/h3-11,13,15-17,28,37,39H,12,14H2,1-2H3,(H,35,41)(H,38,40)/t28-/m0/s1. The lowest BCUT2D eigenvalue weighted by molar-refractivity contribution is -0.121. The SMILES string of the molecule is CNC(=O)c1cccc(-c2cccnc2[C@H](Cc2cc(F)cc(F)c2)NC(=O)Cc2c[nH]c3cc(C)c(O)cc23)c1. The lowest BCUT2D eigenvalue weighted by Gasteiger charge is -2.22. The van der Waals surface area contributed by atoms with Gasteiger partial charge in [0.15, 0.2) is 0 Å². The summed E-state index contributed by atoms with van der Waals surface area (Å²) in [5.41, 5.74) is 4.81. The van der Waals surface area contributed by atoms with Gasteiger partial charge in [0.25, 0.3) is 5.91 Å². The number of aromatic hydroxyl groups is 1. The number of aromatic amines is 1. The number of amides is 2. The summed E-state index contributed by atoms with van der Waals surface area (Å²) in [7, 11) is 1.55. The van der Waals surface area contributed by atoms with E-state index < -0.39 is 17.7 Å². The number of rotatable bonds is 8. The number of phenolic OH excluding ortho intramolecular Hbond substituents is 1. The second-order valence-electron chi connectivity index (χ2n) is 9.87. The minimum atomic E-state index is -0.760. The highest BCUT2D eigenvalue weighted by Gasteiger charge is 2.23. The number of H-pyrrole nitrogens is 1. The number of carbonyl (C=O) groups is 2. The quantitative estimate of drug-likeness (QED) is 0.203. The molecule has 0 radical (unpaired) electrons. The Bertz CT molecular complexity index is 1750. The van der Waals surface area contributed by atoms with Gasteiger partial charge in [-0.15, -0.1) is 0 Å². The molecule has 41 heavy (non-hydrogen) atoms. The van der Waals surface area contributed by atoms with E-state index in [-0.39, 0.29) is 30.4 Å². The molecular formula is C32H28F2N4O3. The van der Waals surface area contributed by atoms with Crippen molar-refractivity contribution in [2.45, 2.75) is 25.8 Å². The Morgan fingerprint density at radius 3 is 2.56 bits per heavy atom. The Labute approximate surface area is 235 Å². The van der Waals surface area contributed by atoms with Crippen molar-refractivity contribution in [1.29, 1.82) is 0 Å². The van der Waals surface area contributed by atoms with Crippen LogP contribution in [-0.4, -0.2) is 33.9 Å². The fourth-order valence-corrected chi connectivity index (χ4v) is 4.98. The van der Waals surface area contributed by atoms with Crippen molar-refractivity contribution in [2.75, 3.05) is 7.05 Å². The molecule has 0 aliphatic rings. The molecule has 0 fully saturated rings. The van der Waals surface area contributed by atoms with Crippen molar-refractivity contribution in [3.8, 4) is 16.9 Å². The van der Waals surface area contributed by atoms with Gasteiger partial charge in [-0.2, -0.15) is 0 Å². The van der Waals surface area contributed by atoms with E-state index in [1.165, 1.54) is 12.1 Å². The van der Waals surface area contributed by atoms with Crippen LogP contribution in [-0.2, 0) is 17.6 Å². The smallest absolute Gasteiger partial charge is 0.251 e. The number of hydrogen-bond acceptors (Lipinski definition) is 4. The van der Waals surface area contributed by atoms with Crippen LogP contribution in [0.1, 0.15) is 38.8 Å². The van der Waals surface area contributed by atoms with Gasteiger partial charge < -0.3 is 20.7 Å². The number of aromatic nitrogens is 2. The minimum absolute atomic E-state index is 0.00909. The van der Waals surface area contributed by atoms with Crippen LogP contribution in [0.3, 0.4) is 0 Å². The van der Waals surface area contributed by atoms with Crippen LogP contribution in [0.4, 0.5) is 8.78 Å². The maximum atomic E-state index is 14.1. The fraction of sp³-hybridized carbons (Fsp3) is 0.156. The van der Waals surface area contributed by atoms with Gasteiger partial charge in [0, 0.05) is 47.5 Å². The number of halogens is 2. The van der Waals surface area contributed by atoms with Gasteiger partial charge in [-0.05, 0) is 78.1 Å². The van der Waals surface area contributed by atoms with Crippen molar-refractivity contribution in [3.63, 3.8) is 0 Å². The van der Waals surface area contributed by atoms with Crippen LogP contribution in [0, 0.1) is 18.6 Å². The van der Waals surface area contributed by atoms with Crippen LogP contribution in [0.15, 0.2) is 79.1 Å². The zero-order valence-electron chi connectivity index (χ0n) is 22.5. The lowest BCUT2D eigenvalue weighted by atomic mass is 9.94. The predicted molar refractivity (Wildman–Crippen MR) is 152 cm³/mol. The van der Waals surface area contributed by atoms with Crippen molar-refractivity contribution in [1.82, 2.24) is 20.6 Å². The Morgan fingerprint density at radius 1 is 1.02 bits per heavy atom. The molecule has 1 atom stereocenters. The molecule has 0 unspecified atom stereocenters. The highest BCUT2D eigenvalue weighted by atomic mass is 19.1. The monoisotopic (exact) mass is 554 g/mol. The molecule has 0 spiro atoms. The van der Waals surface area contributed by atoms with E-state index in [1.54, 1.807) is 62.8 Å². The molecule has 0 saturated carbocycles. The Balaban J connectivity index is 1.51. The summed E-state index contributed by atoms with van der Waals surface area (Å²) in [5, 5.41) is 16.5. The Hall–Kier alpha value is -5.05. The molecule has 2 heterocycles. The number of carbonyl (C=O) groups excluding carboxylic acids is 2. The second kappa shape index (κ2) is 11.6. The summed E-state index contributed by atoms with van der Waals surface area (Å²) < 4.78 is 28.2. The molecule has 5 aromatic rings. The summed E-state index contributed by atoms with van der Waals surface area (Å²) in [6.45, 7) is 1.79. The summed E-state index contributed by atoms with van der Waals surface area (Å²) in [6.07, 6.45) is 3.35.